The molecule has 0 aliphatic heterocycles. The van der Waals surface area contributed by atoms with E-state index in [1.54, 1.807) is 0 Å². The van der Waals surface area contributed by atoms with E-state index in [4.69, 9.17) is 0 Å². The van der Waals surface area contributed by atoms with Crippen molar-refractivity contribution in [2.75, 3.05) is 0 Å². The first-order valence-electron chi connectivity index (χ1n) is 3.48. The van der Waals surface area contributed by atoms with Crippen LogP contribution >= 0.6 is 31.9 Å². The second kappa shape index (κ2) is 6.62. The zero-order chi connectivity index (χ0) is 7.40. The summed E-state index contributed by atoms with van der Waals surface area (Å²) in [6, 6.07) is 0. The second-order valence-electron chi connectivity index (χ2n) is 2.36. The third-order valence-corrected chi connectivity index (χ3v) is 3.80. The zero-order valence-electron chi connectivity index (χ0n) is 6.06. The van der Waals surface area contributed by atoms with E-state index in [1.807, 2.05) is 0 Å². The van der Waals surface area contributed by atoms with Crippen molar-refractivity contribution in [3.63, 3.8) is 0 Å². The van der Waals surface area contributed by atoms with Crippen molar-refractivity contribution in [3.05, 3.63) is 21.1 Å². The van der Waals surface area contributed by atoms with E-state index in [1.165, 1.54) is 8.96 Å². The maximum Gasteiger partial charge on any atom is 0.00550 e. The minimum Gasteiger partial charge on any atom is -0.0882 e. The molecule has 0 radical (unpaired) electrons. The summed E-state index contributed by atoms with van der Waals surface area (Å²) in [6.45, 7) is 0. The molecule has 0 aromatic rings. The number of allylic oxidation sites excluding steroid dienone is 4. The summed E-state index contributed by atoms with van der Waals surface area (Å²) in [5.74, 6) is 0. The standard InChI is InChI=1S/C8H10Br2.Pt/c9-7-5-3-1-2-4-6-8(7)10;/h1-2H,3-6H2;. The van der Waals surface area contributed by atoms with Crippen LogP contribution in [-0.2, 0) is 21.1 Å². The molecule has 1 rings (SSSR count). The van der Waals surface area contributed by atoms with Gasteiger partial charge >= 0.3 is 0 Å². The average Bonchev–Trinajstić information content (AvgIpc) is 1.92. The van der Waals surface area contributed by atoms with Crippen LogP contribution in [0.5, 0.6) is 0 Å². The second-order valence-corrected chi connectivity index (χ2v) is 4.27. The van der Waals surface area contributed by atoms with Gasteiger partial charge in [0.05, 0.1) is 0 Å². The smallest absolute Gasteiger partial charge is 0.00550 e. The molecule has 0 saturated heterocycles. The van der Waals surface area contributed by atoms with E-state index >= 15 is 0 Å². The SMILES string of the molecule is BrC1=C(Br)CCC=CCC1.[Pt]. The average molecular weight is 461 g/mol. The van der Waals surface area contributed by atoms with Crippen LogP contribution in [0.4, 0.5) is 0 Å². The molecule has 0 amide bonds. The molecule has 66 valence electrons. The van der Waals surface area contributed by atoms with E-state index in [2.05, 4.69) is 44.0 Å². The van der Waals surface area contributed by atoms with E-state index < -0.39 is 0 Å². The van der Waals surface area contributed by atoms with Gasteiger partial charge in [-0.15, -0.1) is 0 Å². The van der Waals surface area contributed by atoms with Crippen LogP contribution < -0.4 is 0 Å². The van der Waals surface area contributed by atoms with Crippen LogP contribution in [0.15, 0.2) is 21.1 Å². The number of halogens is 2. The maximum absolute atomic E-state index is 3.54. The number of hydrogen-bond donors (Lipinski definition) is 0. The summed E-state index contributed by atoms with van der Waals surface area (Å²) in [5.41, 5.74) is 0. The van der Waals surface area contributed by atoms with Crippen LogP contribution in [0.3, 0.4) is 0 Å². The third kappa shape index (κ3) is 4.65. The first kappa shape index (κ1) is 12.1. The van der Waals surface area contributed by atoms with Gasteiger partial charge in [-0.3, -0.25) is 0 Å². The van der Waals surface area contributed by atoms with Gasteiger partial charge in [0.25, 0.3) is 0 Å². The van der Waals surface area contributed by atoms with Crippen LogP contribution in [0, 0.1) is 0 Å². The quantitative estimate of drug-likeness (QED) is 0.477. The van der Waals surface area contributed by atoms with E-state index in [9.17, 15) is 0 Å². The minimum absolute atomic E-state index is 0. The molecule has 0 N–H and O–H groups in total. The van der Waals surface area contributed by atoms with Gasteiger partial charge in [-0.1, -0.05) is 44.0 Å². The Morgan fingerprint density at radius 1 is 0.909 bits per heavy atom. The summed E-state index contributed by atoms with van der Waals surface area (Å²) in [7, 11) is 0. The molecule has 0 bridgehead atoms. The van der Waals surface area contributed by atoms with Gasteiger partial charge in [0, 0.05) is 30.0 Å². The van der Waals surface area contributed by atoms with Gasteiger partial charge < -0.3 is 0 Å². The Hall–Kier alpha value is 1.13. The van der Waals surface area contributed by atoms with Gasteiger partial charge in [0.2, 0.25) is 0 Å². The molecule has 1 aliphatic carbocycles. The molecular formula is C8H10Br2Pt. The van der Waals surface area contributed by atoms with Gasteiger partial charge in [-0.05, 0) is 25.7 Å². The van der Waals surface area contributed by atoms with Gasteiger partial charge in [-0.2, -0.15) is 0 Å². The number of rotatable bonds is 0. The molecule has 0 spiro atoms. The summed E-state index contributed by atoms with van der Waals surface area (Å²) in [5, 5.41) is 0. The number of hydrogen-bond acceptors (Lipinski definition) is 0. The van der Waals surface area contributed by atoms with Crippen molar-refractivity contribution in [3.8, 4) is 0 Å². The Bertz CT molecular complexity index is 155. The molecule has 3 heteroatoms. The fourth-order valence-corrected chi connectivity index (χ4v) is 1.78. The molecule has 1 aliphatic rings. The molecular weight excluding hydrogens is 451 g/mol. The van der Waals surface area contributed by atoms with E-state index in [0.717, 1.165) is 25.7 Å². The van der Waals surface area contributed by atoms with Crippen LogP contribution in [0.2, 0.25) is 0 Å². The fourth-order valence-electron chi connectivity index (χ4n) is 0.927. The third-order valence-electron chi connectivity index (χ3n) is 1.52. The molecule has 0 nitrogen and oxygen atoms in total. The largest absolute Gasteiger partial charge is 0.0882 e. The first-order valence-corrected chi connectivity index (χ1v) is 5.07. The normalized spacial score (nSPS) is 18.7. The Kier molecular flexibility index (Phi) is 7.30. The van der Waals surface area contributed by atoms with Crippen molar-refractivity contribution in [1.82, 2.24) is 0 Å². The Morgan fingerprint density at radius 3 is 1.64 bits per heavy atom. The summed E-state index contributed by atoms with van der Waals surface area (Å²) in [4.78, 5) is 0. The molecule has 0 aromatic heterocycles. The predicted molar refractivity (Wildman–Crippen MR) is 52.5 cm³/mol. The van der Waals surface area contributed by atoms with Crippen molar-refractivity contribution in [2.24, 2.45) is 0 Å². The van der Waals surface area contributed by atoms with Crippen LogP contribution in [0.25, 0.3) is 0 Å². The molecule has 0 aromatic carbocycles. The van der Waals surface area contributed by atoms with Crippen molar-refractivity contribution in [2.45, 2.75) is 25.7 Å². The first-order chi connectivity index (χ1) is 4.80. The minimum atomic E-state index is 0. The molecule has 0 heterocycles. The summed E-state index contributed by atoms with van der Waals surface area (Å²) in [6.07, 6.45) is 9.10. The zero-order valence-corrected chi connectivity index (χ0v) is 11.5. The van der Waals surface area contributed by atoms with Gasteiger partial charge in [0.1, 0.15) is 0 Å². The fraction of sp³-hybridized carbons (Fsp3) is 0.500. The predicted octanol–water partition coefficient (Wildman–Crippen LogP) is 4.12. The molecule has 0 unspecified atom stereocenters. The van der Waals surface area contributed by atoms with Crippen molar-refractivity contribution in [1.29, 1.82) is 0 Å². The Labute approximate surface area is 99.0 Å². The Morgan fingerprint density at radius 2 is 1.27 bits per heavy atom. The van der Waals surface area contributed by atoms with Crippen LogP contribution in [0.1, 0.15) is 25.7 Å². The van der Waals surface area contributed by atoms with Crippen molar-refractivity contribution >= 4 is 31.9 Å². The van der Waals surface area contributed by atoms with E-state index in [0.29, 0.717) is 0 Å². The van der Waals surface area contributed by atoms with E-state index in [-0.39, 0.29) is 21.1 Å². The molecule has 0 saturated carbocycles. The molecule has 0 atom stereocenters. The maximum atomic E-state index is 3.54. The molecule has 11 heavy (non-hydrogen) atoms. The monoisotopic (exact) mass is 459 g/mol. The topological polar surface area (TPSA) is 0 Å². The summed E-state index contributed by atoms with van der Waals surface area (Å²) < 4.78 is 2.66. The van der Waals surface area contributed by atoms with Crippen molar-refractivity contribution < 1.29 is 21.1 Å². The summed E-state index contributed by atoms with van der Waals surface area (Å²) >= 11 is 7.07. The van der Waals surface area contributed by atoms with Crippen LogP contribution in [-0.4, -0.2) is 0 Å². The van der Waals surface area contributed by atoms with Gasteiger partial charge in [0.15, 0.2) is 0 Å². The molecule has 0 fully saturated rings. The van der Waals surface area contributed by atoms with Gasteiger partial charge in [-0.25, -0.2) is 0 Å². The Balaban J connectivity index is 0.000001000.